The van der Waals surface area contributed by atoms with Crippen LogP contribution in [0.2, 0.25) is 0 Å². The first-order valence-corrected chi connectivity index (χ1v) is 9.14. The van der Waals surface area contributed by atoms with Crippen molar-refractivity contribution < 1.29 is 0 Å². The van der Waals surface area contributed by atoms with Crippen LogP contribution in [0.1, 0.15) is 49.7 Å². The van der Waals surface area contributed by atoms with Crippen LogP contribution in [-0.4, -0.2) is 9.13 Å². The minimum Gasteiger partial charge on any atom is -0.318 e. The predicted molar refractivity (Wildman–Crippen MR) is 107 cm³/mol. The third-order valence-corrected chi connectivity index (χ3v) is 5.41. The minimum absolute atomic E-state index is 0.0641. The quantitative estimate of drug-likeness (QED) is 0.700. The Bertz CT molecular complexity index is 1050. The first-order valence-electron chi connectivity index (χ1n) is 9.14. The standard InChI is InChI=1S/C22H26N2O2/c1-15(18-9-7-13-23(3)21(18)25)11-12-16(2)19-14-17-8-5-6-10-20(17)24(4)22(19)26/h5-10,13-16H,11-12H2,1-4H3. The number of hydrogen-bond acceptors (Lipinski definition) is 2. The fourth-order valence-corrected chi connectivity index (χ4v) is 3.60. The Kier molecular flexibility index (Phi) is 5.12. The van der Waals surface area contributed by atoms with Gasteiger partial charge >= 0.3 is 0 Å². The van der Waals surface area contributed by atoms with Crippen LogP contribution in [0, 0.1) is 0 Å². The third kappa shape index (κ3) is 3.36. The summed E-state index contributed by atoms with van der Waals surface area (Å²) in [5.74, 6) is 0.315. The Morgan fingerprint density at radius 2 is 1.50 bits per heavy atom. The molecule has 136 valence electrons. The van der Waals surface area contributed by atoms with Crippen LogP contribution < -0.4 is 11.1 Å². The molecule has 0 saturated heterocycles. The van der Waals surface area contributed by atoms with E-state index in [1.807, 2.05) is 49.5 Å². The van der Waals surface area contributed by atoms with Gasteiger partial charge in [0.2, 0.25) is 0 Å². The number of aryl methyl sites for hydroxylation is 2. The van der Waals surface area contributed by atoms with E-state index in [1.165, 1.54) is 0 Å². The van der Waals surface area contributed by atoms with E-state index in [0.717, 1.165) is 34.9 Å². The molecular formula is C22H26N2O2. The van der Waals surface area contributed by atoms with Crippen LogP contribution in [0.4, 0.5) is 0 Å². The number of pyridine rings is 2. The molecule has 0 amide bonds. The van der Waals surface area contributed by atoms with Crippen molar-refractivity contribution >= 4 is 10.9 Å². The lowest BCUT2D eigenvalue weighted by molar-refractivity contribution is 0.562. The lowest BCUT2D eigenvalue weighted by Crippen LogP contribution is -2.23. The molecule has 0 spiro atoms. The first-order chi connectivity index (χ1) is 12.4. The fourth-order valence-electron chi connectivity index (χ4n) is 3.60. The summed E-state index contributed by atoms with van der Waals surface area (Å²) < 4.78 is 3.35. The van der Waals surface area contributed by atoms with Crippen molar-refractivity contribution in [1.82, 2.24) is 9.13 Å². The van der Waals surface area contributed by atoms with Crippen LogP contribution in [0.25, 0.3) is 10.9 Å². The van der Waals surface area contributed by atoms with Gasteiger partial charge in [-0.15, -0.1) is 0 Å². The highest BCUT2D eigenvalue weighted by molar-refractivity contribution is 5.79. The van der Waals surface area contributed by atoms with E-state index in [0.29, 0.717) is 0 Å². The van der Waals surface area contributed by atoms with E-state index in [4.69, 9.17) is 0 Å². The van der Waals surface area contributed by atoms with Crippen molar-refractivity contribution in [1.29, 1.82) is 0 Å². The van der Waals surface area contributed by atoms with Gasteiger partial charge in [0.15, 0.2) is 0 Å². The van der Waals surface area contributed by atoms with Gasteiger partial charge in [0.25, 0.3) is 11.1 Å². The predicted octanol–water partition coefficient (Wildman–Crippen LogP) is 3.92. The van der Waals surface area contributed by atoms with Crippen molar-refractivity contribution in [2.75, 3.05) is 0 Å². The van der Waals surface area contributed by atoms with Crippen LogP contribution >= 0.6 is 0 Å². The number of fused-ring (bicyclic) bond motifs is 1. The largest absolute Gasteiger partial charge is 0.318 e. The topological polar surface area (TPSA) is 44.0 Å². The summed E-state index contributed by atoms with van der Waals surface area (Å²) in [4.78, 5) is 25.0. The molecule has 2 unspecified atom stereocenters. The van der Waals surface area contributed by atoms with Gasteiger partial charge in [0.1, 0.15) is 0 Å². The molecule has 0 aliphatic carbocycles. The fraction of sp³-hybridized carbons (Fsp3) is 0.364. The summed E-state index contributed by atoms with van der Waals surface area (Å²) in [7, 11) is 3.61. The molecule has 0 saturated carbocycles. The van der Waals surface area contributed by atoms with E-state index in [9.17, 15) is 9.59 Å². The van der Waals surface area contributed by atoms with Gasteiger partial charge in [-0.1, -0.05) is 38.1 Å². The van der Waals surface area contributed by atoms with Crippen LogP contribution in [-0.2, 0) is 14.1 Å². The van der Waals surface area contributed by atoms with E-state index >= 15 is 0 Å². The SMILES string of the molecule is CC(CCC(C)c1cc2ccccc2n(C)c1=O)c1cccn(C)c1=O. The van der Waals surface area contributed by atoms with Gasteiger partial charge < -0.3 is 9.13 Å². The zero-order valence-corrected chi connectivity index (χ0v) is 15.9. The van der Waals surface area contributed by atoms with Crippen molar-refractivity contribution in [2.45, 2.75) is 38.5 Å². The summed E-state index contributed by atoms with van der Waals surface area (Å²) in [6, 6.07) is 13.8. The van der Waals surface area contributed by atoms with Gasteiger partial charge in [0, 0.05) is 31.4 Å². The summed E-state index contributed by atoms with van der Waals surface area (Å²) in [6.45, 7) is 4.18. The molecule has 3 rings (SSSR count). The summed E-state index contributed by atoms with van der Waals surface area (Å²) >= 11 is 0. The molecule has 4 nitrogen and oxygen atoms in total. The maximum absolute atomic E-state index is 12.7. The highest BCUT2D eigenvalue weighted by Gasteiger charge is 2.16. The molecule has 3 aromatic rings. The second-order valence-electron chi connectivity index (χ2n) is 7.28. The molecule has 0 radical (unpaired) electrons. The van der Waals surface area contributed by atoms with E-state index < -0.39 is 0 Å². The van der Waals surface area contributed by atoms with E-state index in [-0.39, 0.29) is 23.0 Å². The zero-order chi connectivity index (χ0) is 18.8. The summed E-state index contributed by atoms with van der Waals surface area (Å²) in [6.07, 6.45) is 3.52. The Morgan fingerprint density at radius 1 is 0.846 bits per heavy atom. The molecule has 0 aliphatic heterocycles. The molecule has 0 fully saturated rings. The Balaban J connectivity index is 1.82. The molecule has 1 aromatic carbocycles. The second-order valence-corrected chi connectivity index (χ2v) is 7.28. The number of nitrogens with zero attached hydrogens (tertiary/aromatic N) is 2. The summed E-state index contributed by atoms with van der Waals surface area (Å²) in [5, 5.41) is 1.08. The first kappa shape index (κ1) is 18.2. The number of benzene rings is 1. The number of rotatable bonds is 5. The lowest BCUT2D eigenvalue weighted by atomic mass is 9.89. The summed E-state index contributed by atoms with van der Waals surface area (Å²) in [5.41, 5.74) is 2.77. The van der Waals surface area contributed by atoms with Crippen LogP contribution in [0.3, 0.4) is 0 Å². The van der Waals surface area contributed by atoms with Gasteiger partial charge in [0.05, 0.1) is 5.52 Å². The van der Waals surface area contributed by atoms with Crippen molar-refractivity contribution in [3.05, 3.63) is 80.5 Å². The smallest absolute Gasteiger partial charge is 0.254 e. The molecule has 2 atom stereocenters. The molecule has 0 bridgehead atoms. The highest BCUT2D eigenvalue weighted by Crippen LogP contribution is 2.26. The minimum atomic E-state index is 0.0641. The number of para-hydroxylation sites is 1. The molecular weight excluding hydrogens is 324 g/mol. The van der Waals surface area contributed by atoms with Gasteiger partial charge in [-0.25, -0.2) is 0 Å². The Hall–Kier alpha value is -2.62. The zero-order valence-electron chi connectivity index (χ0n) is 15.9. The van der Waals surface area contributed by atoms with Crippen molar-refractivity contribution in [3.63, 3.8) is 0 Å². The number of hydrogen-bond donors (Lipinski definition) is 0. The molecule has 4 heteroatoms. The normalized spacial score (nSPS) is 13.7. The van der Waals surface area contributed by atoms with Crippen LogP contribution in [0.15, 0.2) is 58.3 Å². The second kappa shape index (κ2) is 7.32. The molecule has 0 aliphatic rings. The molecule has 26 heavy (non-hydrogen) atoms. The van der Waals surface area contributed by atoms with Gasteiger partial charge in [-0.3, -0.25) is 9.59 Å². The third-order valence-electron chi connectivity index (χ3n) is 5.41. The molecule has 2 heterocycles. The highest BCUT2D eigenvalue weighted by atomic mass is 16.1. The maximum Gasteiger partial charge on any atom is 0.254 e. The van der Waals surface area contributed by atoms with Crippen molar-refractivity contribution in [2.24, 2.45) is 14.1 Å². The monoisotopic (exact) mass is 350 g/mol. The average Bonchev–Trinajstić information content (AvgIpc) is 2.64. The number of aromatic nitrogens is 2. The maximum atomic E-state index is 12.7. The lowest BCUT2D eigenvalue weighted by Gasteiger charge is -2.17. The van der Waals surface area contributed by atoms with Gasteiger partial charge in [-0.2, -0.15) is 0 Å². The van der Waals surface area contributed by atoms with Crippen molar-refractivity contribution in [3.8, 4) is 0 Å². The molecule has 2 aromatic heterocycles. The Morgan fingerprint density at radius 3 is 2.23 bits per heavy atom. The Labute approximate surface area is 153 Å². The average molecular weight is 350 g/mol. The molecule has 0 N–H and O–H groups in total. The van der Waals surface area contributed by atoms with E-state index in [1.54, 1.807) is 22.4 Å². The van der Waals surface area contributed by atoms with E-state index in [2.05, 4.69) is 13.8 Å². The van der Waals surface area contributed by atoms with Gasteiger partial charge in [-0.05, 0) is 48.3 Å². The van der Waals surface area contributed by atoms with Crippen LogP contribution in [0.5, 0.6) is 0 Å².